The highest BCUT2D eigenvalue weighted by atomic mass is 16.6. The summed E-state index contributed by atoms with van der Waals surface area (Å²) in [6, 6.07) is -0.174. The van der Waals surface area contributed by atoms with Crippen LogP contribution in [-0.4, -0.2) is 23.6 Å². The molecule has 5 nitrogen and oxygen atoms in total. The molecule has 1 fully saturated rings. The predicted octanol–water partition coefficient (Wildman–Crippen LogP) is 1.17. The zero-order chi connectivity index (χ0) is 12.3. The Kier molecular flexibility index (Phi) is 3.78. The summed E-state index contributed by atoms with van der Waals surface area (Å²) in [5, 5.41) is 2.70. The van der Waals surface area contributed by atoms with Crippen molar-refractivity contribution in [2.45, 2.75) is 51.7 Å². The first-order valence-corrected chi connectivity index (χ1v) is 5.58. The molecule has 0 aromatic heterocycles. The third kappa shape index (κ3) is 3.72. The van der Waals surface area contributed by atoms with Crippen LogP contribution in [-0.2, 0) is 9.53 Å². The minimum Gasteiger partial charge on any atom is -0.444 e. The van der Waals surface area contributed by atoms with Gasteiger partial charge in [0, 0.05) is 6.04 Å². The zero-order valence-electron chi connectivity index (χ0n) is 10.1. The second-order valence-corrected chi connectivity index (χ2v) is 5.19. The second kappa shape index (κ2) is 4.72. The molecule has 1 aliphatic carbocycles. The highest BCUT2D eigenvalue weighted by molar-refractivity contribution is 5.79. The van der Waals surface area contributed by atoms with E-state index >= 15 is 0 Å². The SMILES string of the molecule is CC(C)(C)OC(=O)NC1CCCC1C(N)=O. The fraction of sp³-hybridized carbons (Fsp3) is 0.818. The lowest BCUT2D eigenvalue weighted by Crippen LogP contribution is -2.44. The highest BCUT2D eigenvalue weighted by Crippen LogP contribution is 2.25. The smallest absolute Gasteiger partial charge is 0.407 e. The summed E-state index contributed by atoms with van der Waals surface area (Å²) in [7, 11) is 0. The van der Waals surface area contributed by atoms with Crippen LogP contribution in [0.4, 0.5) is 4.79 Å². The quantitative estimate of drug-likeness (QED) is 0.744. The third-order valence-electron chi connectivity index (χ3n) is 2.58. The Labute approximate surface area is 95.7 Å². The molecule has 0 aromatic carbocycles. The maximum atomic E-state index is 11.5. The Balaban J connectivity index is 2.47. The maximum absolute atomic E-state index is 11.5. The van der Waals surface area contributed by atoms with Crippen molar-refractivity contribution >= 4 is 12.0 Å². The number of ether oxygens (including phenoxy) is 1. The van der Waals surface area contributed by atoms with Crippen molar-refractivity contribution < 1.29 is 14.3 Å². The molecule has 0 aliphatic heterocycles. The first-order valence-electron chi connectivity index (χ1n) is 5.58. The van der Waals surface area contributed by atoms with Gasteiger partial charge in [-0.15, -0.1) is 0 Å². The number of primary amides is 1. The standard InChI is InChI=1S/C11H20N2O3/c1-11(2,3)16-10(15)13-8-6-4-5-7(8)9(12)14/h7-8H,4-6H2,1-3H3,(H2,12,14)(H,13,15). The number of carbonyl (C=O) groups excluding carboxylic acids is 2. The number of amides is 2. The van der Waals surface area contributed by atoms with E-state index in [1.807, 2.05) is 0 Å². The molecule has 2 atom stereocenters. The van der Waals surface area contributed by atoms with Gasteiger partial charge in [0.1, 0.15) is 5.60 Å². The molecule has 0 aromatic rings. The van der Waals surface area contributed by atoms with Crippen LogP contribution in [0.5, 0.6) is 0 Å². The van der Waals surface area contributed by atoms with Gasteiger partial charge in [-0.2, -0.15) is 0 Å². The highest BCUT2D eigenvalue weighted by Gasteiger charge is 2.33. The normalized spacial score (nSPS) is 25.2. The van der Waals surface area contributed by atoms with Crippen molar-refractivity contribution in [3.05, 3.63) is 0 Å². The largest absolute Gasteiger partial charge is 0.444 e. The first kappa shape index (κ1) is 12.8. The summed E-state index contributed by atoms with van der Waals surface area (Å²) < 4.78 is 5.13. The molecule has 1 rings (SSSR count). The lowest BCUT2D eigenvalue weighted by Gasteiger charge is -2.23. The topological polar surface area (TPSA) is 81.4 Å². The van der Waals surface area contributed by atoms with E-state index in [-0.39, 0.29) is 17.9 Å². The summed E-state index contributed by atoms with van der Waals surface area (Å²) in [6.45, 7) is 5.40. The van der Waals surface area contributed by atoms with Crippen LogP contribution in [0, 0.1) is 5.92 Å². The molecule has 0 bridgehead atoms. The van der Waals surface area contributed by atoms with Gasteiger partial charge < -0.3 is 15.8 Å². The van der Waals surface area contributed by atoms with Crippen LogP contribution >= 0.6 is 0 Å². The van der Waals surface area contributed by atoms with E-state index in [4.69, 9.17) is 10.5 Å². The zero-order valence-corrected chi connectivity index (χ0v) is 10.1. The number of alkyl carbamates (subject to hydrolysis) is 1. The Morgan fingerprint density at radius 1 is 1.31 bits per heavy atom. The van der Waals surface area contributed by atoms with Crippen molar-refractivity contribution in [1.82, 2.24) is 5.32 Å². The molecule has 2 unspecified atom stereocenters. The number of hydrogen-bond donors (Lipinski definition) is 2. The fourth-order valence-corrected chi connectivity index (χ4v) is 1.93. The van der Waals surface area contributed by atoms with Crippen LogP contribution < -0.4 is 11.1 Å². The van der Waals surface area contributed by atoms with Crippen LogP contribution in [0.25, 0.3) is 0 Å². The first-order chi connectivity index (χ1) is 7.29. The van der Waals surface area contributed by atoms with E-state index in [2.05, 4.69) is 5.32 Å². The van der Waals surface area contributed by atoms with Gasteiger partial charge in [-0.05, 0) is 33.6 Å². The Hall–Kier alpha value is -1.26. The molecular weight excluding hydrogens is 208 g/mol. The summed E-state index contributed by atoms with van der Waals surface area (Å²) in [4.78, 5) is 22.6. The van der Waals surface area contributed by atoms with Crippen LogP contribution in [0.15, 0.2) is 0 Å². The summed E-state index contributed by atoms with van der Waals surface area (Å²) in [5.41, 5.74) is 4.74. The number of nitrogens with one attached hydrogen (secondary N) is 1. The molecule has 5 heteroatoms. The lowest BCUT2D eigenvalue weighted by atomic mass is 10.0. The average Bonchev–Trinajstić information content (AvgIpc) is 2.47. The second-order valence-electron chi connectivity index (χ2n) is 5.19. The van der Waals surface area contributed by atoms with Gasteiger partial charge >= 0.3 is 6.09 Å². The summed E-state index contributed by atoms with van der Waals surface area (Å²) in [6.07, 6.45) is 1.96. The van der Waals surface area contributed by atoms with Gasteiger partial charge in [0.25, 0.3) is 0 Å². The predicted molar refractivity (Wildman–Crippen MR) is 59.7 cm³/mol. The molecule has 3 N–H and O–H groups in total. The van der Waals surface area contributed by atoms with Gasteiger partial charge in [0.15, 0.2) is 0 Å². The van der Waals surface area contributed by atoms with Crippen molar-refractivity contribution in [2.24, 2.45) is 11.7 Å². The molecule has 92 valence electrons. The van der Waals surface area contributed by atoms with Crippen molar-refractivity contribution in [1.29, 1.82) is 0 Å². The molecule has 1 aliphatic rings. The molecule has 0 radical (unpaired) electrons. The molecule has 16 heavy (non-hydrogen) atoms. The van der Waals surface area contributed by atoms with E-state index in [1.165, 1.54) is 0 Å². The van der Waals surface area contributed by atoms with Gasteiger partial charge in [0.05, 0.1) is 5.92 Å². The third-order valence-corrected chi connectivity index (χ3v) is 2.58. The summed E-state index contributed by atoms with van der Waals surface area (Å²) >= 11 is 0. The molecule has 1 saturated carbocycles. The Morgan fingerprint density at radius 2 is 1.94 bits per heavy atom. The number of rotatable bonds is 2. The van der Waals surface area contributed by atoms with Gasteiger partial charge in [-0.25, -0.2) is 4.79 Å². The van der Waals surface area contributed by atoms with Gasteiger partial charge in [-0.1, -0.05) is 6.42 Å². The van der Waals surface area contributed by atoms with Gasteiger partial charge in [-0.3, -0.25) is 4.79 Å². The molecule has 0 saturated heterocycles. The monoisotopic (exact) mass is 228 g/mol. The van der Waals surface area contributed by atoms with Crippen LogP contribution in [0.1, 0.15) is 40.0 Å². The number of nitrogens with two attached hydrogens (primary N) is 1. The minimum atomic E-state index is -0.523. The Morgan fingerprint density at radius 3 is 2.44 bits per heavy atom. The molecular formula is C11H20N2O3. The summed E-state index contributed by atoms with van der Waals surface area (Å²) in [5.74, 6) is -0.605. The Bertz CT molecular complexity index is 283. The van der Waals surface area contributed by atoms with Crippen molar-refractivity contribution in [2.75, 3.05) is 0 Å². The van der Waals surface area contributed by atoms with E-state index < -0.39 is 11.7 Å². The fourth-order valence-electron chi connectivity index (χ4n) is 1.93. The van der Waals surface area contributed by atoms with E-state index in [1.54, 1.807) is 20.8 Å². The minimum absolute atomic E-state index is 0.174. The average molecular weight is 228 g/mol. The number of carbonyl (C=O) groups is 2. The molecule has 0 heterocycles. The van der Waals surface area contributed by atoms with E-state index in [9.17, 15) is 9.59 Å². The van der Waals surface area contributed by atoms with Crippen LogP contribution in [0.3, 0.4) is 0 Å². The maximum Gasteiger partial charge on any atom is 0.407 e. The van der Waals surface area contributed by atoms with Crippen molar-refractivity contribution in [3.8, 4) is 0 Å². The lowest BCUT2D eigenvalue weighted by molar-refractivity contribution is -0.122. The number of hydrogen-bond acceptors (Lipinski definition) is 3. The molecule has 0 spiro atoms. The molecule has 2 amide bonds. The van der Waals surface area contributed by atoms with E-state index in [0.29, 0.717) is 0 Å². The van der Waals surface area contributed by atoms with Crippen LogP contribution in [0.2, 0.25) is 0 Å². The van der Waals surface area contributed by atoms with Crippen molar-refractivity contribution in [3.63, 3.8) is 0 Å². The van der Waals surface area contributed by atoms with Gasteiger partial charge in [0.2, 0.25) is 5.91 Å². The van der Waals surface area contributed by atoms with E-state index in [0.717, 1.165) is 19.3 Å².